The van der Waals surface area contributed by atoms with Crippen molar-refractivity contribution >= 4 is 11.8 Å². The minimum atomic E-state index is -0.577. The van der Waals surface area contributed by atoms with Gasteiger partial charge in [-0.05, 0) is 42.2 Å². The van der Waals surface area contributed by atoms with Crippen LogP contribution in [-0.4, -0.2) is 31.5 Å². The molecule has 2 rings (SSSR count). The maximum absolute atomic E-state index is 13.5. The maximum Gasteiger partial charge on any atom is 0.258 e. The zero-order valence-electron chi connectivity index (χ0n) is 15.8. The molecule has 2 aromatic carbocycles. The van der Waals surface area contributed by atoms with E-state index < -0.39 is 11.7 Å². The summed E-state index contributed by atoms with van der Waals surface area (Å²) < 4.78 is 19.2. The molecule has 2 aromatic rings. The molecule has 0 fully saturated rings. The lowest BCUT2D eigenvalue weighted by molar-refractivity contribution is -0.123. The zero-order valence-corrected chi connectivity index (χ0v) is 15.8. The molecule has 0 aromatic heterocycles. The molecule has 0 atom stereocenters. The molecule has 5 nitrogen and oxygen atoms in total. The Hall–Kier alpha value is -2.89. The zero-order chi connectivity index (χ0) is 19.8. The summed E-state index contributed by atoms with van der Waals surface area (Å²) in [5.41, 5.74) is 2.09. The summed E-state index contributed by atoms with van der Waals surface area (Å²) in [5, 5.41) is 5.23. The number of hydrogen-bond donors (Lipinski definition) is 2. The molecule has 0 spiro atoms. The van der Waals surface area contributed by atoms with Crippen molar-refractivity contribution in [3.05, 3.63) is 65.0 Å². The third kappa shape index (κ3) is 6.09. The molecule has 0 aliphatic rings. The Bertz CT molecular complexity index is 806. The number of halogens is 1. The molecule has 27 heavy (non-hydrogen) atoms. The van der Waals surface area contributed by atoms with Gasteiger partial charge in [-0.3, -0.25) is 9.59 Å². The number of carbonyl (C=O) groups excluding carboxylic acids is 2. The van der Waals surface area contributed by atoms with Crippen LogP contribution in [0.15, 0.2) is 42.5 Å². The number of amides is 2. The van der Waals surface area contributed by atoms with Crippen molar-refractivity contribution in [1.82, 2.24) is 10.6 Å². The SMILES string of the molecule is Cc1ccc(C(C)C)c(OCC(=O)NCCNC(=O)c2ccccc2F)c1. The van der Waals surface area contributed by atoms with E-state index in [-0.39, 0.29) is 37.1 Å². The fourth-order valence-electron chi connectivity index (χ4n) is 2.56. The summed E-state index contributed by atoms with van der Waals surface area (Å²) in [7, 11) is 0. The van der Waals surface area contributed by atoms with Crippen molar-refractivity contribution in [2.45, 2.75) is 26.7 Å². The Labute approximate surface area is 158 Å². The molecule has 0 unspecified atom stereocenters. The van der Waals surface area contributed by atoms with Crippen LogP contribution in [0.1, 0.15) is 41.3 Å². The first-order valence-corrected chi connectivity index (χ1v) is 8.91. The normalized spacial score (nSPS) is 10.6. The summed E-state index contributed by atoms with van der Waals surface area (Å²) >= 11 is 0. The summed E-state index contributed by atoms with van der Waals surface area (Å²) in [6, 6.07) is 11.7. The highest BCUT2D eigenvalue weighted by molar-refractivity contribution is 5.94. The molecule has 0 bridgehead atoms. The summed E-state index contributed by atoms with van der Waals surface area (Å²) in [6.07, 6.45) is 0. The van der Waals surface area contributed by atoms with Gasteiger partial charge in [0, 0.05) is 13.1 Å². The third-order valence-electron chi connectivity index (χ3n) is 4.00. The van der Waals surface area contributed by atoms with Gasteiger partial charge in [0.25, 0.3) is 11.8 Å². The average molecular weight is 372 g/mol. The van der Waals surface area contributed by atoms with E-state index in [1.807, 2.05) is 25.1 Å². The van der Waals surface area contributed by atoms with Gasteiger partial charge < -0.3 is 15.4 Å². The molecular weight excluding hydrogens is 347 g/mol. The van der Waals surface area contributed by atoms with E-state index in [1.165, 1.54) is 18.2 Å². The minimum absolute atomic E-state index is 0.0205. The smallest absolute Gasteiger partial charge is 0.258 e. The number of rotatable bonds is 8. The summed E-state index contributed by atoms with van der Waals surface area (Å²) in [4.78, 5) is 23.8. The van der Waals surface area contributed by atoms with Gasteiger partial charge >= 0.3 is 0 Å². The molecule has 0 aliphatic heterocycles. The number of nitrogens with one attached hydrogen (secondary N) is 2. The van der Waals surface area contributed by atoms with Gasteiger partial charge in [-0.1, -0.05) is 38.1 Å². The van der Waals surface area contributed by atoms with Gasteiger partial charge in [-0.15, -0.1) is 0 Å². The summed E-state index contributed by atoms with van der Waals surface area (Å²) in [6.45, 7) is 6.42. The topological polar surface area (TPSA) is 67.4 Å². The Morgan fingerprint density at radius 3 is 2.48 bits per heavy atom. The monoisotopic (exact) mass is 372 g/mol. The van der Waals surface area contributed by atoms with Crippen LogP contribution >= 0.6 is 0 Å². The molecular formula is C21H25FN2O3. The molecule has 0 heterocycles. The number of carbonyl (C=O) groups is 2. The standard InChI is InChI=1S/C21H25FN2O3/c1-14(2)16-9-8-15(3)12-19(16)27-13-20(25)23-10-11-24-21(26)17-6-4-5-7-18(17)22/h4-9,12,14H,10-11,13H2,1-3H3,(H,23,25)(H,24,26). The second kappa shape index (κ2) is 9.71. The van der Waals surface area contributed by atoms with Crippen molar-refractivity contribution in [3.63, 3.8) is 0 Å². The van der Waals surface area contributed by atoms with Crippen molar-refractivity contribution in [1.29, 1.82) is 0 Å². The van der Waals surface area contributed by atoms with Crippen molar-refractivity contribution < 1.29 is 18.7 Å². The van der Waals surface area contributed by atoms with E-state index in [1.54, 1.807) is 6.07 Å². The minimum Gasteiger partial charge on any atom is -0.483 e. The second-order valence-electron chi connectivity index (χ2n) is 6.57. The van der Waals surface area contributed by atoms with Crippen LogP contribution in [0.3, 0.4) is 0 Å². The first kappa shape index (κ1) is 20.4. The molecule has 0 radical (unpaired) electrons. The Morgan fingerprint density at radius 2 is 1.78 bits per heavy atom. The van der Waals surface area contributed by atoms with Gasteiger partial charge in [-0.25, -0.2) is 4.39 Å². The lowest BCUT2D eigenvalue weighted by Crippen LogP contribution is -2.37. The predicted molar refractivity (Wildman–Crippen MR) is 103 cm³/mol. The Kier molecular flexibility index (Phi) is 7.34. The van der Waals surface area contributed by atoms with Crippen LogP contribution in [0.4, 0.5) is 4.39 Å². The Balaban J connectivity index is 1.75. The molecule has 6 heteroatoms. The van der Waals surface area contributed by atoms with Crippen LogP contribution in [0.5, 0.6) is 5.75 Å². The second-order valence-corrected chi connectivity index (χ2v) is 6.57. The molecule has 2 N–H and O–H groups in total. The first-order valence-electron chi connectivity index (χ1n) is 8.91. The number of hydrogen-bond acceptors (Lipinski definition) is 3. The highest BCUT2D eigenvalue weighted by Crippen LogP contribution is 2.27. The predicted octanol–water partition coefficient (Wildman–Crippen LogP) is 3.18. The van der Waals surface area contributed by atoms with Crippen molar-refractivity contribution in [2.75, 3.05) is 19.7 Å². The third-order valence-corrected chi connectivity index (χ3v) is 4.00. The lowest BCUT2D eigenvalue weighted by atomic mass is 10.0. The quantitative estimate of drug-likeness (QED) is 0.700. The fourth-order valence-corrected chi connectivity index (χ4v) is 2.56. The summed E-state index contributed by atoms with van der Waals surface area (Å²) in [5.74, 6) is -0.386. The van der Waals surface area contributed by atoms with Crippen LogP contribution in [0.25, 0.3) is 0 Å². The number of aryl methyl sites for hydroxylation is 1. The molecule has 144 valence electrons. The van der Waals surface area contributed by atoms with E-state index in [9.17, 15) is 14.0 Å². The maximum atomic E-state index is 13.5. The van der Waals surface area contributed by atoms with E-state index in [0.29, 0.717) is 5.75 Å². The first-order chi connectivity index (χ1) is 12.9. The Morgan fingerprint density at radius 1 is 1.07 bits per heavy atom. The molecule has 0 aliphatic carbocycles. The average Bonchev–Trinajstić information content (AvgIpc) is 2.63. The van der Waals surface area contributed by atoms with E-state index >= 15 is 0 Å². The van der Waals surface area contributed by atoms with E-state index in [2.05, 4.69) is 24.5 Å². The lowest BCUT2D eigenvalue weighted by Gasteiger charge is -2.15. The van der Waals surface area contributed by atoms with Crippen LogP contribution in [0.2, 0.25) is 0 Å². The van der Waals surface area contributed by atoms with Crippen LogP contribution < -0.4 is 15.4 Å². The molecule has 2 amide bonds. The van der Waals surface area contributed by atoms with Gasteiger partial charge in [0.2, 0.25) is 0 Å². The van der Waals surface area contributed by atoms with Gasteiger partial charge in [-0.2, -0.15) is 0 Å². The van der Waals surface area contributed by atoms with E-state index in [0.717, 1.165) is 11.1 Å². The highest BCUT2D eigenvalue weighted by Gasteiger charge is 2.11. The van der Waals surface area contributed by atoms with Crippen LogP contribution in [0, 0.1) is 12.7 Å². The molecule has 0 saturated heterocycles. The highest BCUT2D eigenvalue weighted by atomic mass is 19.1. The van der Waals surface area contributed by atoms with Crippen LogP contribution in [-0.2, 0) is 4.79 Å². The van der Waals surface area contributed by atoms with Gasteiger partial charge in [0.1, 0.15) is 11.6 Å². The largest absolute Gasteiger partial charge is 0.483 e. The number of ether oxygens (including phenoxy) is 1. The fraction of sp³-hybridized carbons (Fsp3) is 0.333. The van der Waals surface area contributed by atoms with Crippen molar-refractivity contribution in [3.8, 4) is 5.75 Å². The molecule has 0 saturated carbocycles. The van der Waals surface area contributed by atoms with Gasteiger partial charge in [0.05, 0.1) is 5.56 Å². The number of benzene rings is 2. The van der Waals surface area contributed by atoms with E-state index in [4.69, 9.17) is 4.74 Å². The van der Waals surface area contributed by atoms with Gasteiger partial charge in [0.15, 0.2) is 6.61 Å². The van der Waals surface area contributed by atoms with Crippen molar-refractivity contribution in [2.24, 2.45) is 0 Å².